The zero-order chi connectivity index (χ0) is 11.5. The van der Waals surface area contributed by atoms with E-state index in [1.165, 1.54) is 0 Å². The number of nitrogens with one attached hydrogen (secondary N) is 3. The first-order valence-electron chi connectivity index (χ1n) is 5.03. The summed E-state index contributed by atoms with van der Waals surface area (Å²) in [7, 11) is -3.49. The Kier molecular flexibility index (Phi) is 4.07. The molecular formula is C8H19N3O3S. The van der Waals surface area contributed by atoms with Crippen LogP contribution in [0.15, 0.2) is 0 Å². The molecule has 1 unspecified atom stereocenters. The number of hydrogen-bond acceptors (Lipinski definition) is 4. The Balaban J connectivity index is 2.42. The molecule has 0 aromatic heterocycles. The summed E-state index contributed by atoms with van der Waals surface area (Å²) in [5.74, 6) is 0. The fourth-order valence-electron chi connectivity index (χ4n) is 1.46. The van der Waals surface area contributed by atoms with Crippen LogP contribution in [0.2, 0.25) is 0 Å². The molecule has 1 heterocycles. The molecule has 15 heavy (non-hydrogen) atoms. The zero-order valence-corrected chi connectivity index (χ0v) is 9.89. The van der Waals surface area contributed by atoms with Gasteiger partial charge in [0.2, 0.25) is 0 Å². The maximum atomic E-state index is 11.4. The van der Waals surface area contributed by atoms with E-state index in [1.807, 2.05) is 0 Å². The van der Waals surface area contributed by atoms with E-state index in [0.29, 0.717) is 13.0 Å². The summed E-state index contributed by atoms with van der Waals surface area (Å²) in [6.45, 7) is 4.67. The lowest BCUT2D eigenvalue weighted by molar-refractivity contribution is 0.0666. The average Bonchev–Trinajstić information content (AvgIpc) is 2.48. The quantitative estimate of drug-likeness (QED) is 0.470. The second-order valence-electron chi connectivity index (χ2n) is 4.25. The van der Waals surface area contributed by atoms with Gasteiger partial charge in [-0.1, -0.05) is 0 Å². The van der Waals surface area contributed by atoms with Crippen LogP contribution in [0.3, 0.4) is 0 Å². The van der Waals surface area contributed by atoms with Crippen molar-refractivity contribution in [2.24, 2.45) is 0 Å². The summed E-state index contributed by atoms with van der Waals surface area (Å²) < 4.78 is 27.5. The molecule has 90 valence electrons. The van der Waals surface area contributed by atoms with E-state index in [9.17, 15) is 13.5 Å². The van der Waals surface area contributed by atoms with Gasteiger partial charge in [-0.2, -0.15) is 17.9 Å². The van der Waals surface area contributed by atoms with Gasteiger partial charge in [0.25, 0.3) is 10.2 Å². The van der Waals surface area contributed by atoms with Gasteiger partial charge in [-0.25, -0.2) is 0 Å². The molecule has 0 aromatic carbocycles. The molecule has 0 bridgehead atoms. The number of aliphatic hydroxyl groups is 1. The topological polar surface area (TPSA) is 90.5 Å². The third kappa shape index (κ3) is 4.43. The molecule has 0 spiro atoms. The predicted molar refractivity (Wildman–Crippen MR) is 57.6 cm³/mol. The van der Waals surface area contributed by atoms with Gasteiger partial charge in [0.15, 0.2) is 0 Å². The van der Waals surface area contributed by atoms with Crippen molar-refractivity contribution < 1.29 is 13.5 Å². The van der Waals surface area contributed by atoms with E-state index in [2.05, 4.69) is 14.8 Å². The van der Waals surface area contributed by atoms with Gasteiger partial charge in [-0.3, -0.25) is 0 Å². The standard InChI is InChI=1S/C8H19N3O3S/c1-7(2)11-15(13,14)10-6-8(12)3-4-9-5-8/h7,9-12H,3-6H2,1-2H3. The third-order valence-corrected chi connectivity index (χ3v) is 3.51. The molecule has 1 aliphatic rings. The summed E-state index contributed by atoms with van der Waals surface area (Å²) in [6, 6.07) is -0.154. The van der Waals surface area contributed by atoms with Crippen molar-refractivity contribution in [3.8, 4) is 0 Å². The molecular weight excluding hydrogens is 218 g/mol. The number of rotatable bonds is 5. The van der Waals surface area contributed by atoms with Gasteiger partial charge in [-0.05, 0) is 26.8 Å². The van der Waals surface area contributed by atoms with Crippen LogP contribution in [-0.2, 0) is 10.2 Å². The average molecular weight is 237 g/mol. The predicted octanol–water partition coefficient (Wildman–Crippen LogP) is -1.46. The number of hydrogen-bond donors (Lipinski definition) is 4. The molecule has 0 radical (unpaired) electrons. The van der Waals surface area contributed by atoms with Crippen LogP contribution < -0.4 is 14.8 Å². The molecule has 1 fully saturated rings. The minimum atomic E-state index is -3.49. The second kappa shape index (κ2) is 4.75. The summed E-state index contributed by atoms with van der Waals surface area (Å²) in [5.41, 5.74) is -0.953. The Morgan fingerprint density at radius 2 is 2.20 bits per heavy atom. The minimum Gasteiger partial charge on any atom is -0.387 e. The van der Waals surface area contributed by atoms with Crippen molar-refractivity contribution in [2.75, 3.05) is 19.6 Å². The van der Waals surface area contributed by atoms with Crippen LogP contribution in [0.4, 0.5) is 0 Å². The molecule has 4 N–H and O–H groups in total. The highest BCUT2D eigenvalue weighted by atomic mass is 32.2. The van der Waals surface area contributed by atoms with Crippen molar-refractivity contribution in [3.63, 3.8) is 0 Å². The molecule has 0 amide bonds. The Morgan fingerprint density at radius 1 is 1.53 bits per heavy atom. The Hall–Kier alpha value is -0.210. The van der Waals surface area contributed by atoms with E-state index in [-0.39, 0.29) is 12.6 Å². The Labute approximate surface area is 90.6 Å². The monoisotopic (exact) mass is 237 g/mol. The molecule has 1 atom stereocenters. The van der Waals surface area contributed by atoms with Gasteiger partial charge < -0.3 is 10.4 Å². The van der Waals surface area contributed by atoms with Gasteiger partial charge in [0.05, 0.1) is 5.60 Å². The normalized spacial score (nSPS) is 27.5. The second-order valence-corrected chi connectivity index (χ2v) is 5.78. The molecule has 6 nitrogen and oxygen atoms in total. The summed E-state index contributed by atoms with van der Waals surface area (Å²) in [4.78, 5) is 0. The third-order valence-electron chi connectivity index (χ3n) is 2.20. The lowest BCUT2D eigenvalue weighted by Gasteiger charge is -2.22. The van der Waals surface area contributed by atoms with Gasteiger partial charge in [0, 0.05) is 19.1 Å². The van der Waals surface area contributed by atoms with Crippen LogP contribution in [0.25, 0.3) is 0 Å². The molecule has 0 aromatic rings. The summed E-state index contributed by atoms with van der Waals surface area (Å²) >= 11 is 0. The van der Waals surface area contributed by atoms with Crippen molar-refractivity contribution >= 4 is 10.2 Å². The Bertz CT molecular complexity index is 296. The lowest BCUT2D eigenvalue weighted by Crippen LogP contribution is -2.49. The van der Waals surface area contributed by atoms with Crippen molar-refractivity contribution in [2.45, 2.75) is 31.9 Å². The van der Waals surface area contributed by atoms with Crippen LogP contribution in [-0.4, -0.2) is 44.8 Å². The SMILES string of the molecule is CC(C)NS(=O)(=O)NCC1(O)CCNC1. The van der Waals surface area contributed by atoms with Crippen molar-refractivity contribution in [1.82, 2.24) is 14.8 Å². The van der Waals surface area contributed by atoms with Crippen LogP contribution in [0, 0.1) is 0 Å². The van der Waals surface area contributed by atoms with Crippen molar-refractivity contribution in [1.29, 1.82) is 0 Å². The first-order chi connectivity index (χ1) is 6.83. The molecule has 1 saturated heterocycles. The molecule has 0 aliphatic carbocycles. The molecule has 1 aliphatic heterocycles. The number of β-amino-alcohol motifs (C(OH)–C–C–N with tert-alkyl or cyclic N) is 1. The maximum absolute atomic E-state index is 11.4. The van der Waals surface area contributed by atoms with Crippen LogP contribution in [0.5, 0.6) is 0 Å². The van der Waals surface area contributed by atoms with Gasteiger partial charge in [-0.15, -0.1) is 0 Å². The fraction of sp³-hybridized carbons (Fsp3) is 1.00. The largest absolute Gasteiger partial charge is 0.387 e. The molecule has 1 rings (SSSR count). The highest BCUT2D eigenvalue weighted by molar-refractivity contribution is 7.87. The van der Waals surface area contributed by atoms with Crippen molar-refractivity contribution in [3.05, 3.63) is 0 Å². The molecule has 0 saturated carbocycles. The Morgan fingerprint density at radius 3 is 2.67 bits per heavy atom. The van der Waals surface area contributed by atoms with E-state index >= 15 is 0 Å². The van der Waals surface area contributed by atoms with Crippen LogP contribution in [0.1, 0.15) is 20.3 Å². The van der Waals surface area contributed by atoms with Gasteiger partial charge >= 0.3 is 0 Å². The summed E-state index contributed by atoms with van der Waals surface area (Å²) in [6.07, 6.45) is 0.567. The zero-order valence-electron chi connectivity index (χ0n) is 9.08. The fourth-order valence-corrected chi connectivity index (χ4v) is 2.63. The highest BCUT2D eigenvalue weighted by Gasteiger charge is 2.32. The maximum Gasteiger partial charge on any atom is 0.277 e. The molecule has 7 heteroatoms. The van der Waals surface area contributed by atoms with Crippen LogP contribution >= 0.6 is 0 Å². The smallest absolute Gasteiger partial charge is 0.277 e. The van der Waals surface area contributed by atoms with Gasteiger partial charge in [0.1, 0.15) is 0 Å². The first-order valence-corrected chi connectivity index (χ1v) is 6.51. The first kappa shape index (κ1) is 12.9. The van der Waals surface area contributed by atoms with E-state index in [0.717, 1.165) is 6.54 Å². The highest BCUT2D eigenvalue weighted by Crippen LogP contribution is 2.12. The van der Waals surface area contributed by atoms with E-state index in [4.69, 9.17) is 0 Å². The lowest BCUT2D eigenvalue weighted by atomic mass is 10.1. The minimum absolute atomic E-state index is 0.0437. The van der Waals surface area contributed by atoms with E-state index < -0.39 is 15.8 Å². The summed E-state index contributed by atoms with van der Waals surface area (Å²) in [5, 5.41) is 12.9. The van der Waals surface area contributed by atoms with E-state index in [1.54, 1.807) is 13.8 Å².